The molecule has 0 heterocycles. The van der Waals surface area contributed by atoms with E-state index >= 15 is 0 Å². The van der Waals surface area contributed by atoms with Gasteiger partial charge in [0.1, 0.15) is 6.10 Å². The molecule has 8 nitrogen and oxygen atoms in total. The zero-order chi connectivity index (χ0) is 38.8. The molecule has 9 heteroatoms. The number of rotatable bonds is 38. The van der Waals surface area contributed by atoms with Crippen molar-refractivity contribution >= 4 is 13.8 Å². The van der Waals surface area contributed by atoms with Crippen molar-refractivity contribution in [3.05, 3.63) is 85.1 Å². The van der Waals surface area contributed by atoms with Crippen LogP contribution in [-0.2, 0) is 27.9 Å². The Labute approximate surface area is 324 Å². The lowest BCUT2D eigenvalue weighted by Gasteiger charge is -2.20. The lowest BCUT2D eigenvalue weighted by Crippen LogP contribution is -2.28. The van der Waals surface area contributed by atoms with Crippen LogP contribution in [0.1, 0.15) is 149 Å². The normalized spacial score (nSPS) is 14.4. The maximum Gasteiger partial charge on any atom is 0.472 e. The SMILES string of the molecule is CC/C=C\C/C=C\C/C=C\C/C=C\C/C=C\C/C=C\CCCCCCCOCC(COP(=O)(O)OCCN)OC(=O)CCCCCCC/C=C\CCC. The van der Waals surface area contributed by atoms with Crippen LogP contribution in [-0.4, -0.2) is 49.9 Å². The van der Waals surface area contributed by atoms with Crippen LogP contribution in [0.3, 0.4) is 0 Å². The molecule has 0 aromatic rings. The highest BCUT2D eigenvalue weighted by molar-refractivity contribution is 7.47. The molecular formula is C44H76NO7P. The minimum atomic E-state index is -4.28. The van der Waals surface area contributed by atoms with Crippen LogP contribution in [0, 0.1) is 0 Å². The first-order valence-electron chi connectivity index (χ1n) is 20.6. The monoisotopic (exact) mass is 762 g/mol. The van der Waals surface area contributed by atoms with Crippen LogP contribution >= 0.6 is 7.82 Å². The van der Waals surface area contributed by atoms with E-state index in [2.05, 4.69) is 98.9 Å². The molecule has 2 atom stereocenters. The smallest absolute Gasteiger partial charge is 0.457 e. The van der Waals surface area contributed by atoms with E-state index in [1.54, 1.807) is 0 Å². The van der Waals surface area contributed by atoms with Gasteiger partial charge in [0.25, 0.3) is 0 Å². The van der Waals surface area contributed by atoms with Crippen LogP contribution in [0.2, 0.25) is 0 Å². The average molecular weight is 762 g/mol. The zero-order valence-corrected chi connectivity index (χ0v) is 34.4. The number of allylic oxidation sites excluding steroid dienone is 14. The van der Waals surface area contributed by atoms with E-state index in [-0.39, 0.29) is 32.3 Å². The van der Waals surface area contributed by atoms with Gasteiger partial charge in [-0.1, -0.05) is 144 Å². The third-order valence-electron chi connectivity index (χ3n) is 8.03. The van der Waals surface area contributed by atoms with E-state index in [0.717, 1.165) is 103 Å². The summed E-state index contributed by atoms with van der Waals surface area (Å²) in [6.45, 7) is 4.65. The largest absolute Gasteiger partial charge is 0.472 e. The standard InChI is InChI=1S/C44H76NO7P/c1-3-5-7-9-11-13-15-16-17-18-19-20-21-22-23-24-25-26-27-28-30-32-34-36-39-49-41-43(42-51-53(47,48)50-40-38-45)52-44(46)37-35-33-31-29-14-12-10-8-6-4-2/h5,7-8,10-11,13,16-17,19-20,22-23,25-26,43H,3-4,6,9,12,14-15,18,21,24,27-42,45H2,1-2H3,(H,47,48)/b7-5-,10-8-,13-11-,17-16-,20-19-,23-22-,26-25-. The second-order valence-corrected chi connectivity index (χ2v) is 14.6. The Morgan fingerprint density at radius 1 is 0.585 bits per heavy atom. The molecule has 0 aliphatic rings. The molecule has 0 aromatic heterocycles. The van der Waals surface area contributed by atoms with Crippen molar-refractivity contribution in [3.8, 4) is 0 Å². The van der Waals surface area contributed by atoms with Gasteiger partial charge < -0.3 is 20.1 Å². The van der Waals surface area contributed by atoms with Gasteiger partial charge in [-0.15, -0.1) is 0 Å². The van der Waals surface area contributed by atoms with Crippen molar-refractivity contribution < 1.29 is 32.8 Å². The topological polar surface area (TPSA) is 117 Å². The summed E-state index contributed by atoms with van der Waals surface area (Å²) in [5.74, 6) is -0.354. The molecule has 0 amide bonds. The maximum absolute atomic E-state index is 12.5. The molecule has 0 aliphatic carbocycles. The molecule has 53 heavy (non-hydrogen) atoms. The van der Waals surface area contributed by atoms with E-state index in [1.807, 2.05) is 0 Å². The van der Waals surface area contributed by atoms with Gasteiger partial charge >= 0.3 is 13.8 Å². The van der Waals surface area contributed by atoms with Crippen LogP contribution in [0.4, 0.5) is 0 Å². The fourth-order valence-corrected chi connectivity index (χ4v) is 5.82. The van der Waals surface area contributed by atoms with Crippen molar-refractivity contribution in [2.45, 2.75) is 155 Å². The van der Waals surface area contributed by atoms with Crippen LogP contribution in [0.25, 0.3) is 0 Å². The molecule has 0 bridgehead atoms. The van der Waals surface area contributed by atoms with Crippen LogP contribution < -0.4 is 5.73 Å². The Morgan fingerprint density at radius 2 is 1.06 bits per heavy atom. The summed E-state index contributed by atoms with van der Waals surface area (Å²) in [6, 6.07) is 0. The van der Waals surface area contributed by atoms with Gasteiger partial charge in [-0.2, -0.15) is 0 Å². The molecular weight excluding hydrogens is 685 g/mol. The van der Waals surface area contributed by atoms with Crippen molar-refractivity contribution in [2.75, 3.05) is 33.0 Å². The average Bonchev–Trinajstić information content (AvgIpc) is 3.15. The molecule has 0 radical (unpaired) electrons. The Bertz CT molecular complexity index is 1080. The minimum absolute atomic E-state index is 0.0908. The Hall–Kier alpha value is -2.32. The molecule has 0 saturated heterocycles. The third-order valence-corrected chi connectivity index (χ3v) is 9.01. The Kier molecular flexibility index (Phi) is 39.1. The van der Waals surface area contributed by atoms with Gasteiger partial charge in [0.2, 0.25) is 0 Å². The molecule has 0 saturated carbocycles. The summed E-state index contributed by atoms with van der Waals surface area (Å²) in [6.07, 6.45) is 51.8. The number of hydrogen-bond acceptors (Lipinski definition) is 7. The predicted octanol–water partition coefficient (Wildman–Crippen LogP) is 12.1. The van der Waals surface area contributed by atoms with Crippen molar-refractivity contribution in [2.24, 2.45) is 5.73 Å². The van der Waals surface area contributed by atoms with Gasteiger partial charge in [0.15, 0.2) is 0 Å². The summed E-state index contributed by atoms with van der Waals surface area (Å²) in [7, 11) is -4.28. The summed E-state index contributed by atoms with van der Waals surface area (Å²) < 4.78 is 33.3. The van der Waals surface area contributed by atoms with E-state index < -0.39 is 13.9 Å². The minimum Gasteiger partial charge on any atom is -0.457 e. The summed E-state index contributed by atoms with van der Waals surface area (Å²) in [5.41, 5.74) is 5.35. The van der Waals surface area contributed by atoms with Crippen molar-refractivity contribution in [1.29, 1.82) is 0 Å². The number of phosphoric acid groups is 1. The second-order valence-electron chi connectivity index (χ2n) is 13.1. The summed E-state index contributed by atoms with van der Waals surface area (Å²) >= 11 is 0. The molecule has 0 aliphatic heterocycles. The van der Waals surface area contributed by atoms with Gasteiger partial charge in [0.05, 0.1) is 19.8 Å². The first-order valence-corrected chi connectivity index (χ1v) is 22.1. The highest BCUT2D eigenvalue weighted by Crippen LogP contribution is 2.43. The first-order chi connectivity index (χ1) is 25.9. The molecule has 0 spiro atoms. The van der Waals surface area contributed by atoms with E-state index in [1.165, 1.54) is 25.7 Å². The predicted molar refractivity (Wildman–Crippen MR) is 224 cm³/mol. The molecule has 304 valence electrons. The Balaban J connectivity index is 4.06. The lowest BCUT2D eigenvalue weighted by atomic mass is 10.1. The van der Waals surface area contributed by atoms with E-state index in [9.17, 15) is 14.3 Å². The number of ether oxygens (including phenoxy) is 2. The van der Waals surface area contributed by atoms with E-state index in [0.29, 0.717) is 13.0 Å². The van der Waals surface area contributed by atoms with Crippen molar-refractivity contribution in [3.63, 3.8) is 0 Å². The zero-order valence-electron chi connectivity index (χ0n) is 33.5. The fourth-order valence-electron chi connectivity index (χ4n) is 5.06. The number of phosphoric ester groups is 1. The molecule has 0 aromatic carbocycles. The molecule has 0 fully saturated rings. The van der Waals surface area contributed by atoms with Crippen LogP contribution in [0.15, 0.2) is 85.1 Å². The number of carbonyl (C=O) groups is 1. The Morgan fingerprint density at radius 3 is 1.60 bits per heavy atom. The van der Waals surface area contributed by atoms with Gasteiger partial charge in [-0.3, -0.25) is 13.8 Å². The fraction of sp³-hybridized carbons (Fsp3) is 0.659. The van der Waals surface area contributed by atoms with Gasteiger partial charge in [-0.25, -0.2) is 4.57 Å². The molecule has 0 rings (SSSR count). The first kappa shape index (κ1) is 50.7. The van der Waals surface area contributed by atoms with Crippen LogP contribution in [0.5, 0.6) is 0 Å². The third kappa shape index (κ3) is 40.7. The summed E-state index contributed by atoms with van der Waals surface area (Å²) in [5, 5.41) is 0. The molecule has 3 N–H and O–H groups in total. The lowest BCUT2D eigenvalue weighted by molar-refractivity contribution is -0.154. The highest BCUT2D eigenvalue weighted by Gasteiger charge is 2.25. The number of nitrogens with two attached hydrogens (primary N) is 1. The van der Waals surface area contributed by atoms with E-state index in [4.69, 9.17) is 24.3 Å². The number of hydrogen-bond donors (Lipinski definition) is 2. The summed E-state index contributed by atoms with van der Waals surface area (Å²) in [4.78, 5) is 22.4. The number of esters is 1. The quantitative estimate of drug-likeness (QED) is 0.0276. The maximum atomic E-state index is 12.5. The van der Waals surface area contributed by atoms with Crippen molar-refractivity contribution in [1.82, 2.24) is 0 Å². The second kappa shape index (κ2) is 40.9. The number of carbonyl (C=O) groups excluding carboxylic acids is 1. The number of unbranched alkanes of at least 4 members (excludes halogenated alkanes) is 11. The highest BCUT2D eigenvalue weighted by atomic mass is 31.2. The van der Waals surface area contributed by atoms with Gasteiger partial charge in [-0.05, 0) is 83.5 Å². The molecule has 2 unspecified atom stereocenters. The van der Waals surface area contributed by atoms with Gasteiger partial charge in [0, 0.05) is 19.6 Å².